The van der Waals surface area contributed by atoms with Gasteiger partial charge in [-0.15, -0.1) is 0 Å². The van der Waals surface area contributed by atoms with Gasteiger partial charge in [0.1, 0.15) is 5.75 Å². The van der Waals surface area contributed by atoms with Crippen molar-refractivity contribution in [2.45, 2.75) is 13.8 Å². The van der Waals surface area contributed by atoms with Crippen LogP contribution in [-0.2, 0) is 0 Å². The maximum Gasteiger partial charge on any atom is 0.126 e. The van der Waals surface area contributed by atoms with Gasteiger partial charge in [-0.1, -0.05) is 41.4 Å². The molecule has 3 heteroatoms. The number of benzene rings is 1. The molecule has 0 radical (unpaired) electrons. The zero-order valence-corrected chi connectivity index (χ0v) is 11.5. The summed E-state index contributed by atoms with van der Waals surface area (Å²) in [6, 6.07) is 5.95. The minimum Gasteiger partial charge on any atom is -0.496 e. The van der Waals surface area contributed by atoms with Crippen molar-refractivity contribution in [1.82, 2.24) is 0 Å². The van der Waals surface area contributed by atoms with Gasteiger partial charge in [0.15, 0.2) is 0 Å². The Hall–Kier alpha value is -0.800. The summed E-state index contributed by atoms with van der Waals surface area (Å²) in [6.07, 6.45) is 2.11. The van der Waals surface area contributed by atoms with E-state index >= 15 is 0 Å². The molecule has 1 aromatic rings. The molecule has 0 unspecified atom stereocenters. The summed E-state index contributed by atoms with van der Waals surface area (Å²) in [5, 5.41) is 0. The van der Waals surface area contributed by atoms with Gasteiger partial charge in [0.2, 0.25) is 0 Å². The molecule has 0 saturated heterocycles. The summed E-state index contributed by atoms with van der Waals surface area (Å²) in [6.45, 7) is 4.86. The molecule has 0 heterocycles. The van der Waals surface area contributed by atoms with Crippen LogP contribution >= 0.6 is 15.9 Å². The van der Waals surface area contributed by atoms with Gasteiger partial charge in [-0.2, -0.15) is 0 Å². The maximum absolute atomic E-state index is 5.73. The van der Waals surface area contributed by atoms with E-state index in [1.807, 2.05) is 18.2 Å². The van der Waals surface area contributed by atoms with Crippen LogP contribution in [0, 0.1) is 5.92 Å². The molecule has 0 aromatic heterocycles. The number of hydrogen-bond donors (Lipinski definition) is 1. The molecule has 0 bridgehead atoms. The summed E-state index contributed by atoms with van der Waals surface area (Å²) in [5.74, 6) is 1.32. The van der Waals surface area contributed by atoms with Crippen LogP contribution in [0.15, 0.2) is 28.2 Å². The second-order valence-corrected chi connectivity index (χ2v) is 4.88. The van der Waals surface area contributed by atoms with Gasteiger partial charge in [0.25, 0.3) is 0 Å². The van der Waals surface area contributed by atoms with E-state index in [9.17, 15) is 0 Å². The fourth-order valence-corrected chi connectivity index (χ4v) is 1.86. The first-order valence-electron chi connectivity index (χ1n) is 5.32. The third-order valence-corrected chi connectivity index (χ3v) is 3.00. The number of halogens is 1. The smallest absolute Gasteiger partial charge is 0.126 e. The van der Waals surface area contributed by atoms with E-state index in [0.29, 0.717) is 12.5 Å². The molecule has 1 rings (SSSR count). The van der Waals surface area contributed by atoms with E-state index in [1.54, 1.807) is 7.11 Å². The molecule has 16 heavy (non-hydrogen) atoms. The molecule has 0 amide bonds. The highest BCUT2D eigenvalue weighted by Gasteiger charge is 2.05. The summed E-state index contributed by atoms with van der Waals surface area (Å²) in [4.78, 5) is 0. The fraction of sp³-hybridized carbons (Fsp3) is 0.385. The first-order valence-corrected chi connectivity index (χ1v) is 6.11. The van der Waals surface area contributed by atoms with Crippen LogP contribution in [0.2, 0.25) is 0 Å². The van der Waals surface area contributed by atoms with Gasteiger partial charge in [-0.05, 0) is 24.1 Å². The number of hydrogen-bond acceptors (Lipinski definition) is 2. The highest BCUT2D eigenvalue weighted by atomic mass is 79.9. The average molecular weight is 284 g/mol. The third kappa shape index (κ3) is 3.35. The Bertz CT molecular complexity index is 386. The van der Waals surface area contributed by atoms with Gasteiger partial charge in [-0.25, -0.2) is 0 Å². The van der Waals surface area contributed by atoms with Crippen molar-refractivity contribution in [3.8, 4) is 5.75 Å². The molecule has 0 aliphatic heterocycles. The van der Waals surface area contributed by atoms with Crippen LogP contribution in [0.3, 0.4) is 0 Å². The third-order valence-electron chi connectivity index (χ3n) is 2.51. The Kier molecular flexibility index (Phi) is 5.03. The lowest BCUT2D eigenvalue weighted by Crippen LogP contribution is -2.08. The summed E-state index contributed by atoms with van der Waals surface area (Å²) < 4.78 is 6.36. The largest absolute Gasteiger partial charge is 0.496 e. The van der Waals surface area contributed by atoms with Crippen molar-refractivity contribution in [2.75, 3.05) is 13.7 Å². The first-order chi connectivity index (χ1) is 7.58. The standard InChI is InChI=1S/C13H18BrNO/c1-9(2)11(8-15)6-10-7-12(14)4-5-13(10)16-3/h4-7,9H,8,15H2,1-3H3. The molecule has 2 N–H and O–H groups in total. The van der Waals surface area contributed by atoms with E-state index in [-0.39, 0.29) is 0 Å². The number of nitrogens with two attached hydrogens (primary N) is 1. The summed E-state index contributed by atoms with van der Waals surface area (Å²) >= 11 is 3.46. The van der Waals surface area contributed by atoms with Gasteiger partial charge in [0.05, 0.1) is 7.11 Å². The Morgan fingerprint density at radius 1 is 1.50 bits per heavy atom. The Morgan fingerprint density at radius 3 is 2.69 bits per heavy atom. The lowest BCUT2D eigenvalue weighted by Gasteiger charge is -2.11. The molecule has 0 aliphatic carbocycles. The quantitative estimate of drug-likeness (QED) is 0.919. The maximum atomic E-state index is 5.73. The molecule has 0 fully saturated rings. The van der Waals surface area contributed by atoms with E-state index in [1.165, 1.54) is 5.57 Å². The average Bonchev–Trinajstić information content (AvgIpc) is 2.25. The summed E-state index contributed by atoms with van der Waals surface area (Å²) in [7, 11) is 1.68. The Labute approximate surface area is 106 Å². The second kappa shape index (κ2) is 6.06. The molecular weight excluding hydrogens is 266 g/mol. The minimum absolute atomic E-state index is 0.452. The molecular formula is C13H18BrNO. The highest BCUT2D eigenvalue weighted by molar-refractivity contribution is 9.10. The SMILES string of the molecule is COc1ccc(Br)cc1C=C(CN)C(C)C. The lowest BCUT2D eigenvalue weighted by atomic mass is 10.00. The van der Waals surface area contributed by atoms with Crippen LogP contribution < -0.4 is 10.5 Å². The topological polar surface area (TPSA) is 35.2 Å². The highest BCUT2D eigenvalue weighted by Crippen LogP contribution is 2.26. The van der Waals surface area contributed by atoms with Gasteiger partial charge in [-0.3, -0.25) is 0 Å². The van der Waals surface area contributed by atoms with Crippen LogP contribution in [0.1, 0.15) is 19.4 Å². The predicted molar refractivity (Wildman–Crippen MR) is 72.6 cm³/mol. The molecule has 0 atom stereocenters. The molecule has 0 spiro atoms. The van der Waals surface area contributed by atoms with Crippen LogP contribution in [0.5, 0.6) is 5.75 Å². The molecule has 2 nitrogen and oxygen atoms in total. The molecule has 0 aliphatic rings. The van der Waals surface area contributed by atoms with Crippen LogP contribution in [-0.4, -0.2) is 13.7 Å². The molecule has 88 valence electrons. The number of rotatable bonds is 4. The van der Waals surface area contributed by atoms with Gasteiger partial charge < -0.3 is 10.5 Å². The zero-order valence-electron chi connectivity index (χ0n) is 9.96. The second-order valence-electron chi connectivity index (χ2n) is 3.96. The van der Waals surface area contributed by atoms with E-state index in [0.717, 1.165) is 15.8 Å². The van der Waals surface area contributed by atoms with Gasteiger partial charge in [0, 0.05) is 16.6 Å². The van der Waals surface area contributed by atoms with Crippen molar-refractivity contribution >= 4 is 22.0 Å². The normalized spacial score (nSPS) is 12.0. The van der Waals surface area contributed by atoms with Crippen molar-refractivity contribution in [3.05, 3.63) is 33.8 Å². The number of methoxy groups -OCH3 is 1. The van der Waals surface area contributed by atoms with E-state index < -0.39 is 0 Å². The molecule has 1 aromatic carbocycles. The van der Waals surface area contributed by atoms with E-state index in [2.05, 4.69) is 35.9 Å². The lowest BCUT2D eigenvalue weighted by molar-refractivity contribution is 0.413. The fourth-order valence-electron chi connectivity index (χ4n) is 1.48. The Morgan fingerprint density at radius 2 is 2.19 bits per heavy atom. The monoisotopic (exact) mass is 283 g/mol. The minimum atomic E-state index is 0.452. The van der Waals surface area contributed by atoms with Crippen molar-refractivity contribution in [1.29, 1.82) is 0 Å². The van der Waals surface area contributed by atoms with Crippen molar-refractivity contribution < 1.29 is 4.74 Å². The Balaban J connectivity index is 3.15. The first kappa shape index (κ1) is 13.3. The zero-order chi connectivity index (χ0) is 12.1. The van der Waals surface area contributed by atoms with Crippen LogP contribution in [0.25, 0.3) is 6.08 Å². The van der Waals surface area contributed by atoms with Crippen LogP contribution in [0.4, 0.5) is 0 Å². The number of ether oxygens (including phenoxy) is 1. The summed E-state index contributed by atoms with van der Waals surface area (Å²) in [5.41, 5.74) is 8.01. The van der Waals surface area contributed by atoms with Crippen molar-refractivity contribution in [2.24, 2.45) is 11.7 Å². The van der Waals surface area contributed by atoms with Gasteiger partial charge >= 0.3 is 0 Å². The molecule has 0 saturated carbocycles. The van der Waals surface area contributed by atoms with Crippen molar-refractivity contribution in [3.63, 3.8) is 0 Å². The predicted octanol–water partition coefficient (Wildman–Crippen LogP) is 3.46. The van der Waals surface area contributed by atoms with E-state index in [4.69, 9.17) is 10.5 Å².